The lowest BCUT2D eigenvalue weighted by Crippen LogP contribution is -2.15. The standard InChI is InChI=1S/C14H13NO2/c16-10-14(12-6-2-1-3-7-12)13(17-14)11-5-4-8-15-9-11/h1-9,13,16H,10H2/t13-,14-/m0/s1. The molecule has 2 atom stereocenters. The van der Waals surface area contributed by atoms with Crippen molar-refractivity contribution in [3.8, 4) is 0 Å². The Hall–Kier alpha value is -1.71. The predicted molar refractivity (Wildman–Crippen MR) is 63.3 cm³/mol. The van der Waals surface area contributed by atoms with E-state index in [0.717, 1.165) is 11.1 Å². The van der Waals surface area contributed by atoms with Gasteiger partial charge >= 0.3 is 0 Å². The molecular weight excluding hydrogens is 214 g/mol. The summed E-state index contributed by atoms with van der Waals surface area (Å²) in [5.74, 6) is 0. The van der Waals surface area contributed by atoms with Crippen molar-refractivity contribution in [3.63, 3.8) is 0 Å². The molecule has 2 aromatic rings. The minimum Gasteiger partial charge on any atom is -0.393 e. The molecule has 1 saturated heterocycles. The number of benzene rings is 1. The first-order valence-electron chi connectivity index (χ1n) is 5.61. The van der Waals surface area contributed by atoms with Crippen LogP contribution in [-0.2, 0) is 10.3 Å². The van der Waals surface area contributed by atoms with Crippen LogP contribution in [0.2, 0.25) is 0 Å². The summed E-state index contributed by atoms with van der Waals surface area (Å²) in [5.41, 5.74) is 1.44. The molecule has 1 fully saturated rings. The summed E-state index contributed by atoms with van der Waals surface area (Å²) in [5, 5.41) is 9.60. The topological polar surface area (TPSA) is 45.6 Å². The number of pyridine rings is 1. The number of nitrogens with zero attached hydrogens (tertiary/aromatic N) is 1. The molecule has 86 valence electrons. The second-order valence-electron chi connectivity index (χ2n) is 4.20. The third kappa shape index (κ3) is 1.64. The Kier molecular flexibility index (Phi) is 2.42. The van der Waals surface area contributed by atoms with Crippen molar-refractivity contribution in [1.29, 1.82) is 0 Å². The summed E-state index contributed by atoms with van der Waals surface area (Å²) in [6.45, 7) is -0.0173. The summed E-state index contributed by atoms with van der Waals surface area (Å²) in [6.07, 6.45) is 3.42. The quantitative estimate of drug-likeness (QED) is 0.816. The third-order valence-electron chi connectivity index (χ3n) is 3.18. The molecule has 1 N–H and O–H groups in total. The Morgan fingerprint density at radius 1 is 1.18 bits per heavy atom. The number of hydrogen-bond acceptors (Lipinski definition) is 3. The Morgan fingerprint density at radius 2 is 2.00 bits per heavy atom. The summed E-state index contributed by atoms with van der Waals surface area (Å²) in [4.78, 5) is 4.08. The van der Waals surface area contributed by atoms with Gasteiger partial charge in [-0.25, -0.2) is 0 Å². The van der Waals surface area contributed by atoms with E-state index in [4.69, 9.17) is 4.74 Å². The van der Waals surface area contributed by atoms with Crippen LogP contribution >= 0.6 is 0 Å². The maximum atomic E-state index is 9.60. The normalized spacial score (nSPS) is 26.8. The first-order valence-corrected chi connectivity index (χ1v) is 5.61. The molecule has 0 amide bonds. The Labute approximate surface area is 99.7 Å². The lowest BCUT2D eigenvalue weighted by molar-refractivity contribution is 0.172. The molecule has 1 aliphatic rings. The van der Waals surface area contributed by atoms with Crippen molar-refractivity contribution < 1.29 is 9.84 Å². The van der Waals surface area contributed by atoms with Gasteiger partial charge in [0.15, 0.2) is 0 Å². The molecule has 3 heteroatoms. The summed E-state index contributed by atoms with van der Waals surface area (Å²) >= 11 is 0. The highest BCUT2D eigenvalue weighted by atomic mass is 16.6. The van der Waals surface area contributed by atoms with E-state index in [1.165, 1.54) is 0 Å². The van der Waals surface area contributed by atoms with Gasteiger partial charge in [0.2, 0.25) is 0 Å². The van der Waals surface area contributed by atoms with Crippen LogP contribution in [0.5, 0.6) is 0 Å². The molecule has 0 spiro atoms. The molecule has 3 nitrogen and oxygen atoms in total. The maximum Gasteiger partial charge on any atom is 0.147 e. The zero-order valence-corrected chi connectivity index (χ0v) is 9.28. The van der Waals surface area contributed by atoms with E-state index in [-0.39, 0.29) is 12.7 Å². The van der Waals surface area contributed by atoms with E-state index in [1.807, 2.05) is 42.5 Å². The van der Waals surface area contributed by atoms with Crippen LogP contribution in [0.25, 0.3) is 0 Å². The van der Waals surface area contributed by atoms with Crippen LogP contribution in [0.4, 0.5) is 0 Å². The van der Waals surface area contributed by atoms with Gasteiger partial charge in [-0.15, -0.1) is 0 Å². The number of aromatic nitrogens is 1. The molecule has 1 aromatic heterocycles. The Morgan fingerprint density at radius 3 is 2.65 bits per heavy atom. The number of aliphatic hydroxyl groups excluding tert-OH is 1. The van der Waals surface area contributed by atoms with Gasteiger partial charge in [0, 0.05) is 18.0 Å². The van der Waals surface area contributed by atoms with E-state index >= 15 is 0 Å². The number of rotatable bonds is 3. The second-order valence-corrected chi connectivity index (χ2v) is 4.20. The molecule has 0 saturated carbocycles. The van der Waals surface area contributed by atoms with Gasteiger partial charge in [-0.2, -0.15) is 0 Å². The maximum absolute atomic E-state index is 9.60. The molecule has 0 radical (unpaired) electrons. The summed E-state index contributed by atoms with van der Waals surface area (Å²) in [6, 6.07) is 13.7. The zero-order valence-electron chi connectivity index (χ0n) is 9.28. The average molecular weight is 227 g/mol. The van der Waals surface area contributed by atoms with Gasteiger partial charge in [0.1, 0.15) is 11.7 Å². The minimum atomic E-state index is -0.579. The first-order chi connectivity index (χ1) is 8.37. The van der Waals surface area contributed by atoms with E-state index in [1.54, 1.807) is 12.4 Å². The monoisotopic (exact) mass is 227 g/mol. The highest BCUT2D eigenvalue weighted by molar-refractivity contribution is 5.34. The van der Waals surface area contributed by atoms with Gasteiger partial charge in [-0.1, -0.05) is 36.4 Å². The van der Waals surface area contributed by atoms with Crippen molar-refractivity contribution in [2.75, 3.05) is 6.61 Å². The SMILES string of the molecule is OC[C@@]1(c2ccccc2)O[C@H]1c1cccnc1. The number of hydrogen-bond donors (Lipinski definition) is 1. The van der Waals surface area contributed by atoms with Crippen molar-refractivity contribution in [2.24, 2.45) is 0 Å². The molecule has 1 aromatic carbocycles. The highest BCUT2D eigenvalue weighted by Gasteiger charge is 2.58. The van der Waals surface area contributed by atoms with Gasteiger partial charge in [-0.3, -0.25) is 4.98 Å². The number of epoxide rings is 1. The highest BCUT2D eigenvalue weighted by Crippen LogP contribution is 2.56. The van der Waals surface area contributed by atoms with Gasteiger partial charge < -0.3 is 9.84 Å². The molecule has 3 rings (SSSR count). The summed E-state index contributed by atoms with van der Waals surface area (Å²) < 4.78 is 5.74. The smallest absolute Gasteiger partial charge is 0.147 e. The van der Waals surface area contributed by atoms with Crippen molar-refractivity contribution in [2.45, 2.75) is 11.7 Å². The fourth-order valence-corrected chi connectivity index (χ4v) is 2.20. The molecule has 1 aliphatic heterocycles. The number of ether oxygens (including phenoxy) is 1. The lowest BCUT2D eigenvalue weighted by atomic mass is 9.93. The molecular formula is C14H13NO2. The Balaban J connectivity index is 1.94. The predicted octanol–water partition coefficient (Wildman–Crippen LogP) is 2.04. The van der Waals surface area contributed by atoms with Crippen LogP contribution in [0, 0.1) is 0 Å². The van der Waals surface area contributed by atoms with E-state index < -0.39 is 5.60 Å². The van der Waals surface area contributed by atoms with Gasteiger partial charge in [0.25, 0.3) is 0 Å². The Bertz CT molecular complexity index is 500. The largest absolute Gasteiger partial charge is 0.393 e. The molecule has 2 heterocycles. The van der Waals surface area contributed by atoms with Crippen molar-refractivity contribution in [3.05, 3.63) is 66.0 Å². The fraction of sp³-hybridized carbons (Fsp3) is 0.214. The van der Waals surface area contributed by atoms with Crippen LogP contribution in [0.3, 0.4) is 0 Å². The number of aliphatic hydroxyl groups is 1. The molecule has 0 aliphatic carbocycles. The molecule has 17 heavy (non-hydrogen) atoms. The first kappa shape index (κ1) is 10.4. The fourth-order valence-electron chi connectivity index (χ4n) is 2.20. The zero-order chi connectivity index (χ0) is 11.7. The minimum absolute atomic E-state index is 0.0173. The second kappa shape index (κ2) is 3.95. The van der Waals surface area contributed by atoms with E-state index in [0.29, 0.717) is 0 Å². The average Bonchev–Trinajstić information content (AvgIpc) is 3.17. The van der Waals surface area contributed by atoms with Gasteiger partial charge in [-0.05, 0) is 11.6 Å². The van der Waals surface area contributed by atoms with Crippen LogP contribution in [0.15, 0.2) is 54.9 Å². The van der Waals surface area contributed by atoms with Crippen LogP contribution < -0.4 is 0 Å². The molecule has 0 bridgehead atoms. The summed E-state index contributed by atoms with van der Waals surface area (Å²) in [7, 11) is 0. The lowest BCUT2D eigenvalue weighted by Gasteiger charge is -2.09. The van der Waals surface area contributed by atoms with E-state index in [9.17, 15) is 5.11 Å². The van der Waals surface area contributed by atoms with Crippen LogP contribution in [0.1, 0.15) is 17.2 Å². The third-order valence-corrected chi connectivity index (χ3v) is 3.18. The molecule has 0 unspecified atom stereocenters. The van der Waals surface area contributed by atoms with Gasteiger partial charge in [0.05, 0.1) is 6.61 Å². The van der Waals surface area contributed by atoms with E-state index in [2.05, 4.69) is 4.98 Å². The van der Waals surface area contributed by atoms with Crippen molar-refractivity contribution >= 4 is 0 Å². The van der Waals surface area contributed by atoms with Crippen molar-refractivity contribution in [1.82, 2.24) is 4.98 Å². The van der Waals surface area contributed by atoms with Crippen LogP contribution in [-0.4, -0.2) is 16.7 Å².